The zero-order valence-corrected chi connectivity index (χ0v) is 13.3. The normalized spacial score (nSPS) is 10.7. The summed E-state index contributed by atoms with van der Waals surface area (Å²) in [7, 11) is 0. The largest absolute Gasteiger partial charge is 1.00 e. The molecule has 4 nitrogen and oxygen atoms in total. The van der Waals surface area contributed by atoms with Crippen LogP contribution in [0.2, 0.25) is 22.8 Å². The van der Waals surface area contributed by atoms with Crippen molar-refractivity contribution >= 4 is 27.7 Å². The van der Waals surface area contributed by atoms with E-state index >= 15 is 0 Å². The SMILES string of the molecule is C[As](C)(=O)O.C[As](C)(=O)[O-].[Na+]. The second-order valence-electron chi connectivity index (χ2n) is 2.55. The van der Waals surface area contributed by atoms with Crippen LogP contribution in [-0.4, -0.2) is 31.8 Å². The van der Waals surface area contributed by atoms with Crippen molar-refractivity contribution in [3.63, 3.8) is 0 Å². The Morgan fingerprint density at radius 3 is 1.09 bits per heavy atom. The first-order chi connectivity index (χ1) is 4.00. The maximum atomic E-state index is 9.83. The van der Waals surface area contributed by atoms with E-state index in [9.17, 15) is 11.6 Å². The van der Waals surface area contributed by atoms with Crippen molar-refractivity contribution in [1.29, 1.82) is 0 Å². The van der Waals surface area contributed by atoms with Gasteiger partial charge in [0.2, 0.25) is 0 Å². The van der Waals surface area contributed by atoms with E-state index in [0.29, 0.717) is 0 Å². The summed E-state index contributed by atoms with van der Waals surface area (Å²) in [6.07, 6.45) is 0. The molecule has 0 spiro atoms. The van der Waals surface area contributed by atoms with E-state index in [1.807, 2.05) is 0 Å². The van der Waals surface area contributed by atoms with Gasteiger partial charge in [0.05, 0.1) is 0 Å². The molecule has 0 saturated carbocycles. The van der Waals surface area contributed by atoms with Crippen LogP contribution >= 0.6 is 0 Å². The van der Waals surface area contributed by atoms with Crippen LogP contribution < -0.4 is 33.7 Å². The zero-order chi connectivity index (χ0) is 9.00. The van der Waals surface area contributed by atoms with Gasteiger partial charge in [0.1, 0.15) is 0 Å². The molecule has 0 bridgehead atoms. The van der Waals surface area contributed by atoms with Crippen LogP contribution in [0.25, 0.3) is 0 Å². The van der Waals surface area contributed by atoms with Gasteiger partial charge in [-0.2, -0.15) is 0 Å². The van der Waals surface area contributed by atoms with Crippen LogP contribution in [0.4, 0.5) is 0 Å². The van der Waals surface area contributed by atoms with Crippen LogP contribution in [-0.2, 0) is 7.48 Å². The first-order valence-corrected chi connectivity index (χ1v) is 13.2. The molecule has 0 heterocycles. The molecule has 64 valence electrons. The molecule has 11 heavy (non-hydrogen) atoms. The Bertz CT molecular complexity index is 132. The Kier molecular flexibility index (Phi) is 11.9. The van der Waals surface area contributed by atoms with E-state index in [1.54, 1.807) is 0 Å². The van der Waals surface area contributed by atoms with Gasteiger partial charge in [-0.05, 0) is 0 Å². The van der Waals surface area contributed by atoms with E-state index in [-0.39, 0.29) is 29.6 Å². The summed E-state index contributed by atoms with van der Waals surface area (Å²) in [5, 5.41) is 0. The van der Waals surface area contributed by atoms with Crippen molar-refractivity contribution in [3.05, 3.63) is 0 Å². The predicted octanol–water partition coefficient (Wildman–Crippen LogP) is -3.41. The quantitative estimate of drug-likeness (QED) is 0.473. The van der Waals surface area contributed by atoms with Crippen LogP contribution in [0, 0.1) is 0 Å². The van der Waals surface area contributed by atoms with Crippen molar-refractivity contribution in [3.8, 4) is 0 Å². The van der Waals surface area contributed by atoms with Crippen molar-refractivity contribution in [2.45, 2.75) is 22.8 Å². The Labute approximate surface area is 94.7 Å². The van der Waals surface area contributed by atoms with Gasteiger partial charge >= 0.3 is 95.7 Å². The molecule has 0 aliphatic rings. The van der Waals surface area contributed by atoms with Crippen LogP contribution in [0.15, 0.2) is 0 Å². The zero-order valence-electron chi connectivity index (χ0n) is 7.57. The molecule has 0 fully saturated rings. The van der Waals surface area contributed by atoms with Crippen molar-refractivity contribution in [2.24, 2.45) is 0 Å². The van der Waals surface area contributed by atoms with Crippen molar-refractivity contribution in [2.75, 3.05) is 0 Å². The predicted molar refractivity (Wildman–Crippen MR) is 38.6 cm³/mol. The van der Waals surface area contributed by atoms with Crippen molar-refractivity contribution in [1.82, 2.24) is 0 Å². The fraction of sp³-hybridized carbons (Fsp3) is 1.00. The monoisotopic (exact) mass is 298 g/mol. The number of hydrogen-bond acceptors (Lipinski definition) is 3. The third-order valence-electron chi connectivity index (χ3n) is 0. The fourth-order valence-electron chi connectivity index (χ4n) is 0. The first-order valence-electron chi connectivity index (χ1n) is 2.54. The molecule has 0 amide bonds. The van der Waals surface area contributed by atoms with E-state index in [0.717, 1.165) is 0 Å². The summed E-state index contributed by atoms with van der Waals surface area (Å²) in [4.78, 5) is 0. The third-order valence-corrected chi connectivity index (χ3v) is 0. The second-order valence-corrected chi connectivity index (χ2v) is 13.2. The molecule has 0 aromatic heterocycles. The summed E-state index contributed by atoms with van der Waals surface area (Å²) in [5.41, 5.74) is 5.22. The Balaban J connectivity index is -0.000000107. The average molecular weight is 298 g/mol. The van der Waals surface area contributed by atoms with Gasteiger partial charge in [0, 0.05) is 0 Å². The third kappa shape index (κ3) is 403. The molecule has 0 aliphatic carbocycles. The topological polar surface area (TPSA) is 77.4 Å². The smallest absolute Gasteiger partial charge is 1.00 e. The van der Waals surface area contributed by atoms with Gasteiger partial charge in [-0.15, -0.1) is 0 Å². The van der Waals surface area contributed by atoms with E-state index in [4.69, 9.17) is 4.10 Å². The maximum absolute atomic E-state index is 9.83. The Morgan fingerprint density at radius 1 is 1.09 bits per heavy atom. The number of hydrogen-bond donors (Lipinski definition) is 1. The minimum atomic E-state index is -3.38. The summed E-state index contributed by atoms with van der Waals surface area (Å²) in [6, 6.07) is 0. The van der Waals surface area contributed by atoms with E-state index in [1.165, 1.54) is 22.8 Å². The minimum Gasteiger partial charge on any atom is 1.00 e. The molecular formula is C4H13As2NaO4. The molecule has 0 unspecified atom stereocenters. The van der Waals surface area contributed by atoms with Gasteiger partial charge in [-0.1, -0.05) is 0 Å². The fourth-order valence-corrected chi connectivity index (χ4v) is 0. The van der Waals surface area contributed by atoms with Crippen LogP contribution in [0.5, 0.6) is 0 Å². The van der Waals surface area contributed by atoms with Crippen molar-refractivity contribution < 1.29 is 45.2 Å². The number of rotatable bonds is 0. The molecule has 0 aromatic carbocycles. The Morgan fingerprint density at radius 2 is 1.09 bits per heavy atom. The summed E-state index contributed by atoms with van der Waals surface area (Å²) in [6.45, 7) is 0. The van der Waals surface area contributed by atoms with Gasteiger partial charge in [-0.3, -0.25) is 0 Å². The molecular weight excluding hydrogens is 285 g/mol. The van der Waals surface area contributed by atoms with Crippen LogP contribution in [0.3, 0.4) is 0 Å². The minimum absolute atomic E-state index is 0. The molecule has 0 aliphatic heterocycles. The molecule has 7 heteroatoms. The van der Waals surface area contributed by atoms with E-state index in [2.05, 4.69) is 0 Å². The standard InChI is InChI=1S/2C2H7AsO2.Na/c2*1-3(2,4)5;/h2*1-2H3,(H,4,5);/q;;+1/p-1. The summed E-state index contributed by atoms with van der Waals surface area (Å²) < 4.78 is 37.4. The van der Waals surface area contributed by atoms with Crippen LogP contribution in [0.1, 0.15) is 0 Å². The molecule has 1 N–H and O–H groups in total. The van der Waals surface area contributed by atoms with E-state index < -0.39 is 27.7 Å². The molecule has 0 saturated heterocycles. The first kappa shape index (κ1) is 18.4. The maximum Gasteiger partial charge on any atom is 1.00 e. The van der Waals surface area contributed by atoms with Gasteiger partial charge in [0.25, 0.3) is 0 Å². The second kappa shape index (κ2) is 7.08. The molecule has 0 rings (SSSR count). The summed E-state index contributed by atoms with van der Waals surface area (Å²) in [5.74, 6) is 0. The van der Waals surface area contributed by atoms with Gasteiger partial charge < -0.3 is 0 Å². The summed E-state index contributed by atoms with van der Waals surface area (Å²) >= 11 is -6.50. The molecule has 0 aromatic rings. The Hall–Kier alpha value is 1.64. The molecule has 0 atom stereocenters. The van der Waals surface area contributed by atoms with Gasteiger partial charge in [0.15, 0.2) is 0 Å². The van der Waals surface area contributed by atoms with Gasteiger partial charge in [-0.25, -0.2) is 0 Å². The average Bonchev–Trinajstić information content (AvgIpc) is 1.12. The molecule has 0 radical (unpaired) electrons.